The average molecular weight is 114 g/mol. The normalized spacial score (nSPS) is 39.4. The lowest BCUT2D eigenvalue weighted by molar-refractivity contribution is 0.240. The van der Waals surface area contributed by atoms with E-state index in [2.05, 4.69) is 13.8 Å². The molecule has 0 aliphatic heterocycles. The van der Waals surface area contributed by atoms with Crippen LogP contribution in [0.15, 0.2) is 0 Å². The summed E-state index contributed by atoms with van der Waals surface area (Å²) in [7, 11) is 0. The Kier molecular flexibility index (Phi) is 1.57. The molecule has 1 aliphatic carbocycles. The molecule has 0 aromatic carbocycles. The molecule has 0 heterocycles. The van der Waals surface area contributed by atoms with Gasteiger partial charge in [0, 0.05) is 0 Å². The molecule has 0 saturated heterocycles. The highest BCUT2D eigenvalue weighted by atomic mass is 16.3. The van der Waals surface area contributed by atoms with Crippen LogP contribution in [-0.2, 0) is 0 Å². The van der Waals surface area contributed by atoms with Gasteiger partial charge in [-0.25, -0.2) is 0 Å². The van der Waals surface area contributed by atoms with E-state index in [1.165, 1.54) is 6.42 Å². The van der Waals surface area contributed by atoms with Crippen LogP contribution in [0.3, 0.4) is 0 Å². The van der Waals surface area contributed by atoms with Crippen LogP contribution < -0.4 is 0 Å². The Balaban J connectivity index is 2.18. The molecule has 1 rings (SSSR count). The summed E-state index contributed by atoms with van der Waals surface area (Å²) in [6.45, 7) is 4.39. The lowest BCUT2D eigenvalue weighted by Gasteiger charge is -2.03. The number of aliphatic hydroxyl groups excluding tert-OH is 1. The summed E-state index contributed by atoms with van der Waals surface area (Å²) in [5.74, 6) is 1.38. The third-order valence-corrected chi connectivity index (χ3v) is 2.18. The van der Waals surface area contributed by atoms with Gasteiger partial charge in [0.25, 0.3) is 0 Å². The van der Waals surface area contributed by atoms with Gasteiger partial charge < -0.3 is 5.11 Å². The molecule has 0 amide bonds. The van der Waals surface area contributed by atoms with E-state index in [9.17, 15) is 0 Å². The summed E-state index contributed by atoms with van der Waals surface area (Å²) in [5.41, 5.74) is 0. The van der Waals surface area contributed by atoms with Gasteiger partial charge in [-0.3, -0.25) is 0 Å². The third kappa shape index (κ3) is 1.03. The fourth-order valence-electron chi connectivity index (χ4n) is 1.11. The average Bonchev–Trinajstić information content (AvgIpc) is 2.45. The highest BCUT2D eigenvalue weighted by Crippen LogP contribution is 2.38. The standard InChI is InChI=1S/C7H14O/c1-3-5(2)6-4-7(6)8/h5-8H,3-4H2,1-2H3. The van der Waals surface area contributed by atoms with E-state index in [1.54, 1.807) is 0 Å². The van der Waals surface area contributed by atoms with Gasteiger partial charge in [-0.2, -0.15) is 0 Å². The number of rotatable bonds is 2. The molecule has 3 atom stereocenters. The molecule has 0 aromatic heterocycles. The van der Waals surface area contributed by atoms with Crippen molar-refractivity contribution in [3.05, 3.63) is 0 Å². The molecule has 48 valence electrons. The van der Waals surface area contributed by atoms with Gasteiger partial charge >= 0.3 is 0 Å². The van der Waals surface area contributed by atoms with Crippen molar-refractivity contribution >= 4 is 0 Å². The fourth-order valence-corrected chi connectivity index (χ4v) is 1.11. The fraction of sp³-hybridized carbons (Fsp3) is 1.00. The van der Waals surface area contributed by atoms with Crippen molar-refractivity contribution in [2.45, 2.75) is 32.8 Å². The highest BCUT2D eigenvalue weighted by molar-refractivity contribution is 4.88. The Morgan fingerprint density at radius 3 is 2.38 bits per heavy atom. The predicted octanol–water partition coefficient (Wildman–Crippen LogP) is 1.41. The molecular weight excluding hydrogens is 100 g/mol. The van der Waals surface area contributed by atoms with Gasteiger partial charge in [0.05, 0.1) is 6.10 Å². The largest absolute Gasteiger partial charge is 0.393 e. The minimum absolute atomic E-state index is 0.0462. The van der Waals surface area contributed by atoms with E-state index < -0.39 is 0 Å². The Labute approximate surface area is 50.7 Å². The lowest BCUT2D eigenvalue weighted by Crippen LogP contribution is -1.98. The van der Waals surface area contributed by atoms with Crippen LogP contribution in [0.5, 0.6) is 0 Å². The molecule has 3 unspecified atom stereocenters. The van der Waals surface area contributed by atoms with Crippen molar-refractivity contribution in [2.75, 3.05) is 0 Å². The molecule has 0 radical (unpaired) electrons. The summed E-state index contributed by atoms with van der Waals surface area (Å²) >= 11 is 0. The minimum atomic E-state index is 0.0462. The summed E-state index contributed by atoms with van der Waals surface area (Å²) in [6, 6.07) is 0. The Morgan fingerprint density at radius 1 is 1.75 bits per heavy atom. The van der Waals surface area contributed by atoms with Crippen molar-refractivity contribution in [3.8, 4) is 0 Å². The first kappa shape index (κ1) is 6.09. The molecule has 1 fully saturated rings. The van der Waals surface area contributed by atoms with E-state index in [4.69, 9.17) is 5.11 Å². The molecular formula is C7H14O. The van der Waals surface area contributed by atoms with Crippen LogP contribution in [0.2, 0.25) is 0 Å². The zero-order chi connectivity index (χ0) is 6.15. The molecule has 1 nitrogen and oxygen atoms in total. The first-order valence-electron chi connectivity index (χ1n) is 3.43. The van der Waals surface area contributed by atoms with Crippen LogP contribution in [-0.4, -0.2) is 11.2 Å². The van der Waals surface area contributed by atoms with Crippen molar-refractivity contribution in [1.29, 1.82) is 0 Å². The van der Waals surface area contributed by atoms with Crippen molar-refractivity contribution in [3.63, 3.8) is 0 Å². The highest BCUT2D eigenvalue weighted by Gasteiger charge is 2.38. The molecule has 1 heteroatoms. The van der Waals surface area contributed by atoms with Gasteiger partial charge in [-0.15, -0.1) is 0 Å². The second kappa shape index (κ2) is 2.06. The lowest BCUT2D eigenvalue weighted by atomic mass is 10.0. The Bertz CT molecular complexity index is 78.5. The smallest absolute Gasteiger partial charge is 0.0575 e. The number of aliphatic hydroxyl groups is 1. The first-order chi connectivity index (χ1) is 3.75. The summed E-state index contributed by atoms with van der Waals surface area (Å²) in [6.07, 6.45) is 2.31. The molecule has 1 aliphatic rings. The summed E-state index contributed by atoms with van der Waals surface area (Å²) < 4.78 is 0. The topological polar surface area (TPSA) is 20.2 Å². The van der Waals surface area contributed by atoms with E-state index in [1.807, 2.05) is 0 Å². The zero-order valence-corrected chi connectivity index (χ0v) is 5.59. The van der Waals surface area contributed by atoms with Crippen LogP contribution in [0, 0.1) is 11.8 Å². The maximum atomic E-state index is 8.93. The molecule has 0 aromatic rings. The molecule has 1 N–H and O–H groups in total. The Morgan fingerprint density at radius 2 is 2.25 bits per heavy atom. The second-order valence-electron chi connectivity index (χ2n) is 2.85. The maximum absolute atomic E-state index is 8.93. The summed E-state index contributed by atoms with van der Waals surface area (Å²) in [4.78, 5) is 0. The third-order valence-electron chi connectivity index (χ3n) is 2.18. The van der Waals surface area contributed by atoms with Crippen molar-refractivity contribution < 1.29 is 5.11 Å². The SMILES string of the molecule is CCC(C)C1CC1O. The van der Waals surface area contributed by atoms with Gasteiger partial charge in [-0.05, 0) is 18.3 Å². The van der Waals surface area contributed by atoms with E-state index in [0.717, 1.165) is 12.3 Å². The summed E-state index contributed by atoms with van der Waals surface area (Å²) in [5, 5.41) is 8.93. The quantitative estimate of drug-likeness (QED) is 0.575. The number of hydrogen-bond donors (Lipinski definition) is 1. The molecule has 1 saturated carbocycles. The van der Waals surface area contributed by atoms with E-state index in [-0.39, 0.29) is 6.10 Å². The molecule has 8 heavy (non-hydrogen) atoms. The van der Waals surface area contributed by atoms with E-state index in [0.29, 0.717) is 5.92 Å². The molecule has 0 bridgehead atoms. The van der Waals surface area contributed by atoms with Gasteiger partial charge in [0.1, 0.15) is 0 Å². The van der Waals surface area contributed by atoms with Gasteiger partial charge in [0.15, 0.2) is 0 Å². The van der Waals surface area contributed by atoms with Crippen molar-refractivity contribution in [2.24, 2.45) is 11.8 Å². The number of hydrogen-bond acceptors (Lipinski definition) is 1. The van der Waals surface area contributed by atoms with E-state index >= 15 is 0 Å². The van der Waals surface area contributed by atoms with Crippen molar-refractivity contribution in [1.82, 2.24) is 0 Å². The molecule has 0 spiro atoms. The Hall–Kier alpha value is -0.0400. The van der Waals surface area contributed by atoms with Gasteiger partial charge in [-0.1, -0.05) is 20.3 Å². The van der Waals surface area contributed by atoms with Crippen LogP contribution in [0.1, 0.15) is 26.7 Å². The van der Waals surface area contributed by atoms with Crippen LogP contribution in [0.25, 0.3) is 0 Å². The monoisotopic (exact) mass is 114 g/mol. The predicted molar refractivity (Wildman–Crippen MR) is 33.6 cm³/mol. The van der Waals surface area contributed by atoms with Crippen LogP contribution in [0.4, 0.5) is 0 Å². The maximum Gasteiger partial charge on any atom is 0.0575 e. The first-order valence-corrected chi connectivity index (χ1v) is 3.43. The van der Waals surface area contributed by atoms with Gasteiger partial charge in [0.2, 0.25) is 0 Å². The minimum Gasteiger partial charge on any atom is -0.393 e. The van der Waals surface area contributed by atoms with Crippen LogP contribution >= 0.6 is 0 Å². The zero-order valence-electron chi connectivity index (χ0n) is 5.59. The second-order valence-corrected chi connectivity index (χ2v) is 2.85.